The molecule has 1 N–H and O–H groups in total. The number of benzene rings is 1. The zero-order chi connectivity index (χ0) is 13.3. The van der Waals surface area contributed by atoms with E-state index in [2.05, 4.69) is 13.0 Å². The Morgan fingerprint density at radius 1 is 1.37 bits per heavy atom. The van der Waals surface area contributed by atoms with Crippen molar-refractivity contribution in [2.75, 3.05) is 13.2 Å². The van der Waals surface area contributed by atoms with E-state index in [1.807, 2.05) is 12.1 Å². The molecule has 2 aliphatic rings. The van der Waals surface area contributed by atoms with E-state index in [1.54, 1.807) is 0 Å². The van der Waals surface area contributed by atoms with Crippen LogP contribution in [0.3, 0.4) is 0 Å². The quantitative estimate of drug-likeness (QED) is 0.890. The molecule has 1 saturated heterocycles. The minimum atomic E-state index is -0.790. The Morgan fingerprint density at radius 2 is 2.26 bits per heavy atom. The Kier molecular flexibility index (Phi) is 3.50. The van der Waals surface area contributed by atoms with Crippen LogP contribution in [0.25, 0.3) is 0 Å². The maximum Gasteiger partial charge on any atom is 0.128 e. The summed E-state index contributed by atoms with van der Waals surface area (Å²) in [7, 11) is 0. The lowest BCUT2D eigenvalue weighted by atomic mass is 9.81. The second-order valence-electron chi connectivity index (χ2n) is 5.63. The summed E-state index contributed by atoms with van der Waals surface area (Å²) < 4.78 is 11.5. The van der Waals surface area contributed by atoms with Gasteiger partial charge in [0.2, 0.25) is 0 Å². The molecule has 1 aromatic carbocycles. The maximum absolute atomic E-state index is 11.0. The van der Waals surface area contributed by atoms with Crippen LogP contribution in [0.15, 0.2) is 18.2 Å². The highest BCUT2D eigenvalue weighted by molar-refractivity contribution is 5.46. The van der Waals surface area contributed by atoms with E-state index in [9.17, 15) is 5.11 Å². The zero-order valence-electron chi connectivity index (χ0n) is 11.5. The Hall–Kier alpha value is -1.06. The average molecular weight is 262 g/mol. The fourth-order valence-electron chi connectivity index (χ4n) is 3.19. The molecule has 0 bridgehead atoms. The van der Waals surface area contributed by atoms with Gasteiger partial charge in [0.25, 0.3) is 0 Å². The number of aliphatic hydroxyl groups is 1. The van der Waals surface area contributed by atoms with Crippen molar-refractivity contribution in [2.45, 2.75) is 50.7 Å². The van der Waals surface area contributed by atoms with Crippen molar-refractivity contribution in [3.05, 3.63) is 29.3 Å². The second-order valence-corrected chi connectivity index (χ2v) is 5.63. The number of rotatable bonds is 2. The van der Waals surface area contributed by atoms with Crippen LogP contribution < -0.4 is 4.74 Å². The number of hydrogen-bond acceptors (Lipinski definition) is 3. The van der Waals surface area contributed by atoms with E-state index >= 15 is 0 Å². The highest BCUT2D eigenvalue weighted by Gasteiger charge is 2.39. The van der Waals surface area contributed by atoms with Gasteiger partial charge in [-0.3, -0.25) is 0 Å². The molecule has 0 saturated carbocycles. The Balaban J connectivity index is 1.96. The van der Waals surface area contributed by atoms with Crippen LogP contribution in [-0.2, 0) is 16.8 Å². The number of fused-ring (bicyclic) bond motifs is 1. The van der Waals surface area contributed by atoms with Gasteiger partial charge in [-0.25, -0.2) is 0 Å². The van der Waals surface area contributed by atoms with Gasteiger partial charge in [-0.2, -0.15) is 0 Å². The molecule has 0 aromatic heterocycles. The van der Waals surface area contributed by atoms with E-state index in [-0.39, 0.29) is 6.10 Å². The van der Waals surface area contributed by atoms with Gasteiger partial charge in [-0.05, 0) is 24.8 Å². The molecule has 2 heterocycles. The van der Waals surface area contributed by atoms with Crippen molar-refractivity contribution in [1.29, 1.82) is 0 Å². The van der Waals surface area contributed by atoms with Gasteiger partial charge in [0.15, 0.2) is 0 Å². The van der Waals surface area contributed by atoms with Gasteiger partial charge >= 0.3 is 0 Å². The normalized spacial score (nSPS) is 30.5. The molecule has 2 aliphatic heterocycles. The second kappa shape index (κ2) is 5.14. The molecule has 1 fully saturated rings. The minimum absolute atomic E-state index is 0.151. The zero-order valence-corrected chi connectivity index (χ0v) is 11.5. The van der Waals surface area contributed by atoms with Gasteiger partial charge in [0, 0.05) is 18.4 Å². The summed E-state index contributed by atoms with van der Waals surface area (Å²) in [6.07, 6.45) is 4.53. The van der Waals surface area contributed by atoms with E-state index in [4.69, 9.17) is 9.47 Å². The first-order valence-electron chi connectivity index (χ1n) is 7.32. The molecule has 3 heteroatoms. The summed E-state index contributed by atoms with van der Waals surface area (Å²) in [5, 5.41) is 11.0. The first-order chi connectivity index (χ1) is 9.23. The predicted molar refractivity (Wildman–Crippen MR) is 73.4 cm³/mol. The van der Waals surface area contributed by atoms with Crippen LogP contribution in [0, 0.1) is 0 Å². The lowest BCUT2D eigenvalue weighted by molar-refractivity contribution is -0.109. The molecule has 104 valence electrons. The molecule has 0 radical (unpaired) electrons. The number of hydrogen-bond donors (Lipinski definition) is 1. The maximum atomic E-state index is 11.0. The smallest absolute Gasteiger partial charge is 0.128 e. The monoisotopic (exact) mass is 262 g/mol. The van der Waals surface area contributed by atoms with Crippen LogP contribution in [0.5, 0.6) is 5.75 Å². The molecular formula is C16H22O3. The van der Waals surface area contributed by atoms with Crippen LogP contribution in [-0.4, -0.2) is 24.4 Å². The van der Waals surface area contributed by atoms with Crippen molar-refractivity contribution in [2.24, 2.45) is 0 Å². The molecule has 3 nitrogen and oxygen atoms in total. The van der Waals surface area contributed by atoms with E-state index < -0.39 is 5.60 Å². The first kappa shape index (κ1) is 12.9. The van der Waals surface area contributed by atoms with E-state index in [0.717, 1.165) is 37.2 Å². The lowest BCUT2D eigenvalue weighted by Crippen LogP contribution is -2.39. The van der Waals surface area contributed by atoms with Crippen LogP contribution in [0.2, 0.25) is 0 Å². The summed E-state index contributed by atoms with van der Waals surface area (Å²) in [5.41, 5.74) is 1.41. The fraction of sp³-hybridized carbons (Fsp3) is 0.625. The molecule has 1 aromatic rings. The molecule has 0 aliphatic carbocycles. The number of para-hydroxylation sites is 1. The highest BCUT2D eigenvalue weighted by atomic mass is 16.5. The van der Waals surface area contributed by atoms with Gasteiger partial charge in [0.1, 0.15) is 5.75 Å². The predicted octanol–water partition coefficient (Wildman–Crippen LogP) is 2.79. The fourth-order valence-corrected chi connectivity index (χ4v) is 3.19. The molecule has 0 spiro atoms. The third kappa shape index (κ3) is 2.37. The highest BCUT2D eigenvalue weighted by Crippen LogP contribution is 2.42. The largest absolute Gasteiger partial charge is 0.493 e. The van der Waals surface area contributed by atoms with Crippen molar-refractivity contribution in [3.8, 4) is 5.75 Å². The van der Waals surface area contributed by atoms with E-state index in [0.29, 0.717) is 19.4 Å². The molecule has 0 amide bonds. The molecular weight excluding hydrogens is 240 g/mol. The van der Waals surface area contributed by atoms with Crippen LogP contribution in [0.1, 0.15) is 43.7 Å². The number of ether oxygens (including phenoxy) is 2. The van der Waals surface area contributed by atoms with Crippen molar-refractivity contribution in [1.82, 2.24) is 0 Å². The summed E-state index contributed by atoms with van der Waals surface area (Å²) >= 11 is 0. The molecule has 2 unspecified atom stereocenters. The van der Waals surface area contributed by atoms with Crippen LogP contribution >= 0.6 is 0 Å². The summed E-state index contributed by atoms with van der Waals surface area (Å²) in [6, 6.07) is 6.16. The lowest BCUT2D eigenvalue weighted by Gasteiger charge is -2.38. The molecule has 2 atom stereocenters. The van der Waals surface area contributed by atoms with E-state index in [1.165, 1.54) is 5.56 Å². The Bertz CT molecular complexity index is 457. The third-order valence-electron chi connectivity index (χ3n) is 4.32. The van der Waals surface area contributed by atoms with Gasteiger partial charge in [-0.15, -0.1) is 0 Å². The Labute approximate surface area is 114 Å². The van der Waals surface area contributed by atoms with Gasteiger partial charge < -0.3 is 14.6 Å². The minimum Gasteiger partial charge on any atom is -0.493 e. The first-order valence-corrected chi connectivity index (χ1v) is 7.32. The Morgan fingerprint density at radius 3 is 3.11 bits per heavy atom. The third-order valence-corrected chi connectivity index (χ3v) is 4.32. The molecule has 19 heavy (non-hydrogen) atoms. The van der Waals surface area contributed by atoms with Crippen molar-refractivity contribution >= 4 is 0 Å². The number of aryl methyl sites for hydroxylation is 1. The summed E-state index contributed by atoms with van der Waals surface area (Å²) in [5.74, 6) is 0.924. The summed E-state index contributed by atoms with van der Waals surface area (Å²) in [6.45, 7) is 3.49. The SMILES string of the molecule is CCC1CC(O)(c2cccc3c2OCCC3)CCO1. The standard InChI is InChI=1S/C16H22O3/c1-2-13-11-16(17,8-10-18-13)14-7-3-5-12-6-4-9-19-15(12)14/h3,5,7,13,17H,2,4,6,8-11H2,1H3. The van der Waals surface area contributed by atoms with Gasteiger partial charge in [0.05, 0.1) is 24.9 Å². The van der Waals surface area contributed by atoms with Crippen molar-refractivity contribution < 1.29 is 14.6 Å². The van der Waals surface area contributed by atoms with Crippen LogP contribution in [0.4, 0.5) is 0 Å². The topological polar surface area (TPSA) is 38.7 Å². The average Bonchev–Trinajstić information content (AvgIpc) is 2.46. The molecule has 3 rings (SSSR count). The van der Waals surface area contributed by atoms with Gasteiger partial charge in [-0.1, -0.05) is 25.1 Å². The summed E-state index contributed by atoms with van der Waals surface area (Å²) in [4.78, 5) is 0. The van der Waals surface area contributed by atoms with Crippen molar-refractivity contribution in [3.63, 3.8) is 0 Å².